The maximum atomic E-state index is 12.5. The number of aryl methyl sites for hydroxylation is 1. The summed E-state index contributed by atoms with van der Waals surface area (Å²) in [5.41, 5.74) is -0.579. The third-order valence-electron chi connectivity index (χ3n) is 2.23. The summed E-state index contributed by atoms with van der Waals surface area (Å²) in [6.45, 7) is 0. The molecule has 0 bridgehead atoms. The number of anilines is 1. The zero-order chi connectivity index (χ0) is 13.3. The Bertz CT molecular complexity index is 573. The number of nitrogens with zero attached hydrogens (tertiary/aromatic N) is 2. The Morgan fingerprint density at radius 1 is 1.44 bits per heavy atom. The highest BCUT2D eigenvalue weighted by Crippen LogP contribution is 2.35. The van der Waals surface area contributed by atoms with E-state index in [9.17, 15) is 18.0 Å². The summed E-state index contributed by atoms with van der Waals surface area (Å²) in [6.07, 6.45) is -3.95. The molecule has 2 rings (SSSR count). The van der Waals surface area contributed by atoms with Crippen LogP contribution < -0.4 is 5.32 Å². The Hall–Kier alpha value is -1.83. The molecule has 0 saturated heterocycles. The lowest BCUT2D eigenvalue weighted by Gasteiger charge is -1.98. The van der Waals surface area contributed by atoms with E-state index in [0.717, 1.165) is 6.07 Å². The van der Waals surface area contributed by atoms with Gasteiger partial charge in [-0.15, -0.1) is 11.3 Å². The van der Waals surface area contributed by atoms with Gasteiger partial charge in [0.15, 0.2) is 5.69 Å². The number of carbonyl (C=O) groups is 1. The first-order valence-corrected chi connectivity index (χ1v) is 5.65. The first kappa shape index (κ1) is 12.6. The lowest BCUT2D eigenvalue weighted by Crippen LogP contribution is -2.06. The van der Waals surface area contributed by atoms with E-state index in [1.807, 2.05) is 0 Å². The molecule has 0 aliphatic heterocycles. The van der Waals surface area contributed by atoms with Gasteiger partial charge in [0.05, 0.1) is 15.6 Å². The molecule has 1 N–H and O–H groups in total. The fraction of sp³-hybridized carbons (Fsp3) is 0.200. The van der Waals surface area contributed by atoms with Crippen molar-refractivity contribution in [3.8, 4) is 10.6 Å². The molecular weight excluding hydrogens is 267 g/mol. The van der Waals surface area contributed by atoms with Gasteiger partial charge in [0.25, 0.3) is 0 Å². The highest BCUT2D eigenvalue weighted by atomic mass is 32.1. The number of nitrogens with one attached hydrogen (secondary N) is 1. The predicted octanol–water partition coefficient (Wildman–Crippen LogP) is 2.74. The van der Waals surface area contributed by atoms with Crippen LogP contribution in [0.2, 0.25) is 0 Å². The van der Waals surface area contributed by atoms with Crippen molar-refractivity contribution in [2.75, 3.05) is 5.32 Å². The van der Waals surface area contributed by atoms with E-state index >= 15 is 0 Å². The second kappa shape index (κ2) is 4.45. The fourth-order valence-corrected chi connectivity index (χ4v) is 2.36. The van der Waals surface area contributed by atoms with Crippen molar-refractivity contribution in [3.63, 3.8) is 0 Å². The quantitative estimate of drug-likeness (QED) is 0.875. The highest BCUT2D eigenvalue weighted by Gasteiger charge is 2.34. The molecule has 18 heavy (non-hydrogen) atoms. The minimum Gasteiger partial charge on any atom is -0.320 e. The summed E-state index contributed by atoms with van der Waals surface area (Å²) in [7, 11) is 1.44. The molecule has 0 aliphatic carbocycles. The predicted molar refractivity (Wildman–Crippen MR) is 61.2 cm³/mol. The van der Waals surface area contributed by atoms with Crippen LogP contribution in [0.25, 0.3) is 10.6 Å². The third-order valence-corrected chi connectivity index (χ3v) is 3.27. The van der Waals surface area contributed by atoms with Gasteiger partial charge in [-0.3, -0.25) is 9.48 Å². The van der Waals surface area contributed by atoms with Crippen molar-refractivity contribution in [1.82, 2.24) is 9.78 Å². The van der Waals surface area contributed by atoms with Gasteiger partial charge in [-0.05, 0) is 18.2 Å². The number of halogens is 3. The van der Waals surface area contributed by atoms with Gasteiger partial charge in [-0.1, -0.05) is 0 Å². The largest absolute Gasteiger partial charge is 0.435 e. The van der Waals surface area contributed by atoms with E-state index in [-0.39, 0.29) is 0 Å². The average molecular weight is 275 g/mol. The molecule has 0 aliphatic rings. The van der Waals surface area contributed by atoms with E-state index in [2.05, 4.69) is 10.4 Å². The molecule has 2 aromatic heterocycles. The van der Waals surface area contributed by atoms with E-state index in [4.69, 9.17) is 0 Å². The minimum absolute atomic E-state index is 0.353. The SMILES string of the molecule is Cn1nc(C(F)(F)F)cc1-c1ccc(NC=O)s1. The molecule has 96 valence electrons. The Kier molecular flexibility index (Phi) is 3.12. The topological polar surface area (TPSA) is 46.9 Å². The van der Waals surface area contributed by atoms with Gasteiger partial charge in [0.2, 0.25) is 6.41 Å². The van der Waals surface area contributed by atoms with Crippen molar-refractivity contribution in [2.45, 2.75) is 6.18 Å². The van der Waals surface area contributed by atoms with Crippen molar-refractivity contribution < 1.29 is 18.0 Å². The summed E-state index contributed by atoms with van der Waals surface area (Å²) in [5, 5.41) is 6.43. The molecule has 8 heteroatoms. The summed E-state index contributed by atoms with van der Waals surface area (Å²) in [4.78, 5) is 10.9. The summed E-state index contributed by atoms with van der Waals surface area (Å²) >= 11 is 1.18. The molecule has 4 nitrogen and oxygen atoms in total. The standard InChI is InChI=1S/C10H8F3N3OS/c1-16-6(4-8(15-16)10(11,12)13)7-2-3-9(18-7)14-5-17/h2-5H,1H3,(H,14,17). The van der Waals surface area contributed by atoms with Crippen LogP contribution in [0.15, 0.2) is 18.2 Å². The summed E-state index contributed by atoms with van der Waals surface area (Å²) in [6, 6.07) is 4.23. The maximum Gasteiger partial charge on any atom is 0.435 e. The Balaban J connectivity index is 2.38. The second-order valence-corrected chi connectivity index (χ2v) is 4.55. The van der Waals surface area contributed by atoms with Gasteiger partial charge in [0, 0.05) is 7.05 Å². The van der Waals surface area contributed by atoms with Gasteiger partial charge < -0.3 is 5.32 Å². The van der Waals surface area contributed by atoms with Gasteiger partial charge in [-0.2, -0.15) is 18.3 Å². The molecule has 1 amide bonds. The molecule has 0 atom stereocenters. The molecule has 2 heterocycles. The van der Waals surface area contributed by atoms with Crippen LogP contribution in [0.5, 0.6) is 0 Å². The average Bonchev–Trinajstić information content (AvgIpc) is 2.84. The van der Waals surface area contributed by atoms with E-state index < -0.39 is 11.9 Å². The van der Waals surface area contributed by atoms with Gasteiger partial charge in [0.1, 0.15) is 0 Å². The molecule has 2 aromatic rings. The molecule has 0 saturated carbocycles. The van der Waals surface area contributed by atoms with Gasteiger partial charge in [-0.25, -0.2) is 0 Å². The van der Waals surface area contributed by atoms with Crippen molar-refractivity contribution in [3.05, 3.63) is 23.9 Å². The number of thiophene rings is 1. The van der Waals surface area contributed by atoms with Gasteiger partial charge >= 0.3 is 6.18 Å². The Morgan fingerprint density at radius 3 is 2.72 bits per heavy atom. The first-order valence-electron chi connectivity index (χ1n) is 4.83. The summed E-state index contributed by atoms with van der Waals surface area (Å²) in [5.74, 6) is 0. The number of hydrogen-bond donors (Lipinski definition) is 1. The van der Waals surface area contributed by atoms with Crippen LogP contribution >= 0.6 is 11.3 Å². The number of amides is 1. The van der Waals surface area contributed by atoms with E-state index in [0.29, 0.717) is 22.0 Å². The number of aromatic nitrogens is 2. The molecule has 0 spiro atoms. The third kappa shape index (κ3) is 2.37. The maximum absolute atomic E-state index is 12.5. The van der Waals surface area contributed by atoms with Crippen LogP contribution in [-0.4, -0.2) is 16.2 Å². The number of hydrogen-bond acceptors (Lipinski definition) is 3. The molecule has 0 aromatic carbocycles. The van der Waals surface area contributed by atoms with Crippen LogP contribution in [-0.2, 0) is 18.0 Å². The van der Waals surface area contributed by atoms with Crippen LogP contribution in [0.4, 0.5) is 18.2 Å². The van der Waals surface area contributed by atoms with Crippen LogP contribution in [0, 0.1) is 0 Å². The first-order chi connectivity index (χ1) is 8.41. The lowest BCUT2D eigenvalue weighted by molar-refractivity contribution is -0.141. The number of rotatable bonds is 3. The summed E-state index contributed by atoms with van der Waals surface area (Å²) < 4.78 is 38.6. The zero-order valence-corrected chi connectivity index (χ0v) is 9.97. The minimum atomic E-state index is -4.46. The number of carbonyl (C=O) groups excluding carboxylic acids is 1. The van der Waals surface area contributed by atoms with E-state index in [1.165, 1.54) is 23.1 Å². The molecule has 0 unspecified atom stereocenters. The van der Waals surface area contributed by atoms with Crippen LogP contribution in [0.1, 0.15) is 5.69 Å². The normalized spacial score (nSPS) is 11.6. The lowest BCUT2D eigenvalue weighted by atomic mass is 10.3. The molecular formula is C10H8F3N3OS. The van der Waals surface area contributed by atoms with Crippen molar-refractivity contribution in [1.29, 1.82) is 0 Å². The Morgan fingerprint density at radius 2 is 2.17 bits per heavy atom. The number of alkyl halides is 3. The second-order valence-electron chi connectivity index (χ2n) is 3.46. The molecule has 0 radical (unpaired) electrons. The van der Waals surface area contributed by atoms with Crippen LogP contribution in [0.3, 0.4) is 0 Å². The molecule has 0 fully saturated rings. The zero-order valence-electron chi connectivity index (χ0n) is 9.15. The smallest absolute Gasteiger partial charge is 0.320 e. The monoisotopic (exact) mass is 275 g/mol. The highest BCUT2D eigenvalue weighted by molar-refractivity contribution is 7.19. The Labute approximate surface area is 104 Å². The van der Waals surface area contributed by atoms with E-state index in [1.54, 1.807) is 12.1 Å². The van der Waals surface area contributed by atoms with Crippen molar-refractivity contribution >= 4 is 22.7 Å². The van der Waals surface area contributed by atoms with Crippen molar-refractivity contribution in [2.24, 2.45) is 7.05 Å². The fourth-order valence-electron chi connectivity index (χ4n) is 1.45.